The minimum absolute atomic E-state index is 0.0322. The maximum absolute atomic E-state index is 13.2. The topological polar surface area (TPSA) is 60.9 Å². The van der Waals surface area contributed by atoms with Crippen molar-refractivity contribution in [1.29, 1.82) is 0 Å². The van der Waals surface area contributed by atoms with Gasteiger partial charge in [-0.25, -0.2) is 0 Å². The summed E-state index contributed by atoms with van der Waals surface area (Å²) in [4.78, 5) is 0. The Morgan fingerprint density at radius 2 is 1.71 bits per heavy atom. The van der Waals surface area contributed by atoms with Gasteiger partial charge in [0.15, 0.2) is 0 Å². The lowest BCUT2D eigenvalue weighted by Gasteiger charge is -2.34. The minimum Gasteiger partial charge on any atom is -0.392 e. The first-order valence-electron chi connectivity index (χ1n) is 8.06. The van der Waals surface area contributed by atoms with Crippen molar-refractivity contribution < 1.29 is 13.5 Å². The van der Waals surface area contributed by atoms with Crippen LogP contribution in [0.1, 0.15) is 18.1 Å². The van der Waals surface area contributed by atoms with Crippen LogP contribution in [0.4, 0.5) is 5.69 Å². The Hall–Kier alpha value is -1.89. The van der Waals surface area contributed by atoms with Crippen LogP contribution in [0.5, 0.6) is 0 Å². The molecule has 0 saturated carbocycles. The summed E-state index contributed by atoms with van der Waals surface area (Å²) in [5, 5.41) is 9.78. The molecule has 1 N–H and O–H groups in total. The van der Waals surface area contributed by atoms with Crippen molar-refractivity contribution in [2.75, 3.05) is 17.4 Å². The molecular formula is C18H22N2O3S. The van der Waals surface area contributed by atoms with Crippen molar-refractivity contribution in [2.45, 2.75) is 26.0 Å². The second-order valence-corrected chi connectivity index (χ2v) is 7.93. The molecule has 24 heavy (non-hydrogen) atoms. The van der Waals surface area contributed by atoms with Gasteiger partial charge in [0.05, 0.1) is 18.3 Å². The van der Waals surface area contributed by atoms with Crippen LogP contribution < -0.4 is 4.31 Å². The number of anilines is 1. The highest BCUT2D eigenvalue weighted by Gasteiger charge is 2.33. The highest BCUT2D eigenvalue weighted by Crippen LogP contribution is 2.26. The van der Waals surface area contributed by atoms with E-state index in [9.17, 15) is 13.5 Å². The Bertz CT molecular complexity index is 791. The Kier molecular flexibility index (Phi) is 4.89. The molecule has 0 radical (unpaired) electrons. The number of nitrogens with zero attached hydrogens (tertiary/aromatic N) is 2. The zero-order valence-corrected chi connectivity index (χ0v) is 14.5. The van der Waals surface area contributed by atoms with Crippen molar-refractivity contribution in [3.63, 3.8) is 0 Å². The lowest BCUT2D eigenvalue weighted by atomic mass is 10.0. The molecule has 0 aromatic heterocycles. The maximum atomic E-state index is 13.2. The van der Waals surface area contributed by atoms with Gasteiger partial charge in [-0.2, -0.15) is 12.7 Å². The molecule has 5 nitrogen and oxygen atoms in total. The largest absolute Gasteiger partial charge is 0.392 e. The van der Waals surface area contributed by atoms with Crippen molar-refractivity contribution in [1.82, 2.24) is 4.31 Å². The third kappa shape index (κ3) is 3.45. The molecule has 1 aliphatic heterocycles. The lowest BCUT2D eigenvalue weighted by molar-refractivity contribution is 0.203. The number of hydrogen-bond acceptors (Lipinski definition) is 3. The van der Waals surface area contributed by atoms with E-state index >= 15 is 0 Å². The van der Waals surface area contributed by atoms with Gasteiger partial charge in [-0.15, -0.1) is 0 Å². The van der Waals surface area contributed by atoms with E-state index in [2.05, 4.69) is 0 Å². The molecule has 0 spiro atoms. The summed E-state index contributed by atoms with van der Waals surface area (Å²) in [6.07, 6.45) is -0.0516. The van der Waals surface area contributed by atoms with Gasteiger partial charge in [-0.05, 0) is 36.6 Å². The van der Waals surface area contributed by atoms with Gasteiger partial charge in [0, 0.05) is 13.1 Å². The second kappa shape index (κ2) is 6.93. The molecule has 0 aliphatic carbocycles. The summed E-state index contributed by atoms with van der Waals surface area (Å²) in [7, 11) is -3.71. The standard InChI is InChI=1S/C18H22N2O3S/c1-15(21)13-20(18-9-3-2-4-10-18)24(22,23)19-12-11-16-7-5-6-8-17(16)14-19/h2-10,15,21H,11-14H2,1H3. The molecule has 1 unspecified atom stereocenters. The first-order valence-corrected chi connectivity index (χ1v) is 9.46. The van der Waals surface area contributed by atoms with Gasteiger partial charge >= 0.3 is 10.2 Å². The summed E-state index contributed by atoms with van der Waals surface area (Å²) in [6, 6.07) is 16.9. The molecule has 1 aliphatic rings. The normalized spacial score (nSPS) is 16.4. The molecule has 1 atom stereocenters. The Morgan fingerprint density at radius 1 is 1.08 bits per heavy atom. The van der Waals surface area contributed by atoms with Gasteiger partial charge in [-0.1, -0.05) is 42.5 Å². The fourth-order valence-electron chi connectivity index (χ4n) is 2.97. The smallest absolute Gasteiger partial charge is 0.304 e. The van der Waals surface area contributed by atoms with Crippen LogP contribution in [-0.4, -0.2) is 37.0 Å². The summed E-state index contributed by atoms with van der Waals surface area (Å²) in [6.45, 7) is 2.44. The molecule has 1 heterocycles. The number of hydrogen-bond donors (Lipinski definition) is 1. The molecular weight excluding hydrogens is 324 g/mol. The fourth-order valence-corrected chi connectivity index (χ4v) is 4.67. The Labute approximate surface area is 143 Å². The van der Waals surface area contributed by atoms with Crippen molar-refractivity contribution in [2.24, 2.45) is 0 Å². The number of rotatable bonds is 5. The molecule has 6 heteroatoms. The predicted octanol–water partition coefficient (Wildman–Crippen LogP) is 2.18. The van der Waals surface area contributed by atoms with Crippen LogP contribution in [0.15, 0.2) is 54.6 Å². The highest BCUT2D eigenvalue weighted by molar-refractivity contribution is 7.90. The second-order valence-electron chi connectivity index (χ2n) is 6.08. The molecule has 2 aromatic carbocycles. The first-order chi connectivity index (χ1) is 11.5. The predicted molar refractivity (Wildman–Crippen MR) is 94.9 cm³/mol. The van der Waals surface area contributed by atoms with E-state index < -0.39 is 16.3 Å². The van der Waals surface area contributed by atoms with E-state index in [4.69, 9.17) is 0 Å². The zero-order chi connectivity index (χ0) is 17.2. The van der Waals surface area contributed by atoms with Crippen LogP contribution in [0.3, 0.4) is 0 Å². The SMILES string of the molecule is CC(O)CN(c1ccccc1)S(=O)(=O)N1CCc2ccccc2C1. The minimum atomic E-state index is -3.71. The van der Waals surface area contributed by atoms with Crippen LogP contribution >= 0.6 is 0 Å². The molecule has 0 fully saturated rings. The van der Waals surface area contributed by atoms with Crippen molar-refractivity contribution in [3.8, 4) is 0 Å². The molecule has 0 saturated heterocycles. The summed E-state index contributed by atoms with van der Waals surface area (Å²) in [5.74, 6) is 0. The van der Waals surface area contributed by atoms with Crippen LogP contribution in [0, 0.1) is 0 Å². The average molecular weight is 346 g/mol. The number of para-hydroxylation sites is 1. The first kappa shape index (κ1) is 17.0. The van der Waals surface area contributed by atoms with Crippen molar-refractivity contribution >= 4 is 15.9 Å². The van der Waals surface area contributed by atoms with Crippen molar-refractivity contribution in [3.05, 3.63) is 65.7 Å². The maximum Gasteiger partial charge on any atom is 0.304 e. The van der Waals surface area contributed by atoms with E-state index in [0.717, 1.165) is 5.56 Å². The average Bonchev–Trinajstić information content (AvgIpc) is 2.59. The summed E-state index contributed by atoms with van der Waals surface area (Å²) in [5.41, 5.74) is 2.81. The molecule has 0 amide bonds. The molecule has 2 aromatic rings. The molecule has 0 bridgehead atoms. The number of benzene rings is 2. The van der Waals surface area contributed by atoms with E-state index in [0.29, 0.717) is 25.2 Å². The highest BCUT2D eigenvalue weighted by atomic mass is 32.2. The van der Waals surface area contributed by atoms with Crippen LogP contribution in [0.25, 0.3) is 0 Å². The lowest BCUT2D eigenvalue weighted by Crippen LogP contribution is -2.48. The number of aliphatic hydroxyl groups is 1. The number of aliphatic hydroxyl groups excluding tert-OH is 1. The number of fused-ring (bicyclic) bond motifs is 1. The zero-order valence-electron chi connectivity index (χ0n) is 13.7. The van der Waals surface area contributed by atoms with E-state index in [1.54, 1.807) is 31.2 Å². The molecule has 128 valence electrons. The third-order valence-corrected chi connectivity index (χ3v) is 6.06. The third-order valence-electron chi connectivity index (χ3n) is 4.17. The van der Waals surface area contributed by atoms with E-state index in [-0.39, 0.29) is 6.54 Å². The van der Waals surface area contributed by atoms with Crippen LogP contribution in [-0.2, 0) is 23.2 Å². The van der Waals surface area contributed by atoms with Crippen LogP contribution in [0.2, 0.25) is 0 Å². The Morgan fingerprint density at radius 3 is 2.38 bits per heavy atom. The van der Waals surface area contributed by atoms with E-state index in [1.807, 2.05) is 30.3 Å². The monoisotopic (exact) mass is 346 g/mol. The van der Waals surface area contributed by atoms with Gasteiger partial charge in [-0.3, -0.25) is 4.31 Å². The van der Waals surface area contributed by atoms with E-state index in [1.165, 1.54) is 14.2 Å². The quantitative estimate of drug-likeness (QED) is 0.903. The molecule has 3 rings (SSSR count). The van der Waals surface area contributed by atoms with Gasteiger partial charge in [0.1, 0.15) is 0 Å². The van der Waals surface area contributed by atoms with Gasteiger partial charge < -0.3 is 5.11 Å². The summed E-state index contributed by atoms with van der Waals surface area (Å²) < 4.78 is 29.1. The van der Waals surface area contributed by atoms with Gasteiger partial charge in [0.2, 0.25) is 0 Å². The summed E-state index contributed by atoms with van der Waals surface area (Å²) >= 11 is 0. The Balaban J connectivity index is 1.92. The van der Waals surface area contributed by atoms with Gasteiger partial charge in [0.25, 0.3) is 0 Å². The fraction of sp³-hybridized carbons (Fsp3) is 0.333.